The lowest BCUT2D eigenvalue weighted by molar-refractivity contribution is -0.0497. The lowest BCUT2D eigenvalue weighted by Crippen LogP contribution is -2.46. The second kappa shape index (κ2) is 9.44. The molecule has 0 unspecified atom stereocenters. The fraction of sp³-hybridized carbons (Fsp3) is 0.480. The van der Waals surface area contributed by atoms with E-state index in [1.165, 1.54) is 0 Å². The number of aliphatic hydroxyl groups excluding tert-OH is 1. The Kier molecular flexibility index (Phi) is 6.40. The van der Waals surface area contributed by atoms with E-state index >= 15 is 0 Å². The second-order valence-corrected chi connectivity index (χ2v) is 9.51. The number of thioether (sulfide) groups is 1. The predicted molar refractivity (Wildman–Crippen MR) is 125 cm³/mol. The molecular formula is C25H29NO6S. The van der Waals surface area contributed by atoms with Gasteiger partial charge in [0.1, 0.15) is 29.6 Å². The molecule has 3 aliphatic rings. The molecule has 0 bridgehead atoms. The fourth-order valence-electron chi connectivity index (χ4n) is 4.84. The highest BCUT2D eigenvalue weighted by atomic mass is 32.2. The van der Waals surface area contributed by atoms with Gasteiger partial charge in [-0.15, -0.1) is 11.8 Å². The summed E-state index contributed by atoms with van der Waals surface area (Å²) in [4.78, 5) is 16.1. The number of rotatable bonds is 6. The number of hydrogen-bond donors (Lipinski definition) is 1. The highest BCUT2D eigenvalue weighted by molar-refractivity contribution is 7.98. The summed E-state index contributed by atoms with van der Waals surface area (Å²) >= 11 is 1.62. The number of benzene rings is 2. The zero-order valence-electron chi connectivity index (χ0n) is 18.7. The van der Waals surface area contributed by atoms with Gasteiger partial charge in [-0.2, -0.15) is 0 Å². The van der Waals surface area contributed by atoms with Crippen molar-refractivity contribution >= 4 is 17.7 Å². The van der Waals surface area contributed by atoms with Gasteiger partial charge in [-0.3, -0.25) is 0 Å². The summed E-state index contributed by atoms with van der Waals surface area (Å²) in [5, 5.41) is 10.6. The highest BCUT2D eigenvalue weighted by Gasteiger charge is 2.49. The number of hydrogen-bond acceptors (Lipinski definition) is 8. The van der Waals surface area contributed by atoms with Crippen LogP contribution in [0.2, 0.25) is 0 Å². The van der Waals surface area contributed by atoms with E-state index in [9.17, 15) is 9.90 Å². The van der Waals surface area contributed by atoms with Crippen molar-refractivity contribution in [3.05, 3.63) is 47.5 Å². The summed E-state index contributed by atoms with van der Waals surface area (Å²) in [5.74, 6) is 1.60. The van der Waals surface area contributed by atoms with Crippen molar-refractivity contribution in [1.82, 2.24) is 4.90 Å². The minimum absolute atomic E-state index is 0.237. The Morgan fingerprint density at radius 1 is 1.15 bits per heavy atom. The topological polar surface area (TPSA) is 77.5 Å². The van der Waals surface area contributed by atoms with Crippen LogP contribution in [0.15, 0.2) is 41.3 Å². The molecule has 1 saturated heterocycles. The van der Waals surface area contributed by atoms with E-state index in [4.69, 9.17) is 18.9 Å². The number of aliphatic hydroxyl groups is 1. The molecular weight excluding hydrogens is 442 g/mol. The van der Waals surface area contributed by atoms with Gasteiger partial charge in [0.25, 0.3) is 0 Å². The lowest BCUT2D eigenvalue weighted by atomic mass is 9.83. The molecule has 2 aromatic carbocycles. The van der Waals surface area contributed by atoms with Crippen LogP contribution in [0.4, 0.5) is 0 Å². The first-order valence-electron chi connectivity index (χ1n) is 11.4. The highest BCUT2D eigenvalue weighted by Crippen LogP contribution is 2.49. The SMILES string of the molecule is CSc1ccccc1OC[C@@H](O)CN1CCC2(CC1)OC(=O)c1c2ccc2c1OCCCO2. The smallest absolute Gasteiger partial charge is 0.343 e. The van der Waals surface area contributed by atoms with Crippen molar-refractivity contribution in [3.63, 3.8) is 0 Å². The Morgan fingerprint density at radius 3 is 2.76 bits per heavy atom. The molecule has 0 aliphatic carbocycles. The molecule has 176 valence electrons. The molecule has 0 aromatic heterocycles. The monoisotopic (exact) mass is 471 g/mol. The number of esters is 1. The van der Waals surface area contributed by atoms with Crippen molar-refractivity contribution in [3.8, 4) is 17.2 Å². The summed E-state index contributed by atoms with van der Waals surface area (Å²) < 4.78 is 23.4. The second-order valence-electron chi connectivity index (χ2n) is 8.67. The normalized spacial score (nSPS) is 20.1. The molecule has 3 aliphatic heterocycles. The van der Waals surface area contributed by atoms with Crippen molar-refractivity contribution < 1.29 is 28.8 Å². The third-order valence-electron chi connectivity index (χ3n) is 6.53. The zero-order valence-corrected chi connectivity index (χ0v) is 19.6. The van der Waals surface area contributed by atoms with Gasteiger partial charge in [0.15, 0.2) is 11.5 Å². The van der Waals surface area contributed by atoms with E-state index in [-0.39, 0.29) is 12.6 Å². The van der Waals surface area contributed by atoms with Crippen molar-refractivity contribution in [2.24, 2.45) is 0 Å². The summed E-state index contributed by atoms with van der Waals surface area (Å²) in [6.07, 6.45) is 3.54. The third kappa shape index (κ3) is 4.39. The van der Waals surface area contributed by atoms with E-state index in [0.29, 0.717) is 49.7 Å². The number of para-hydroxylation sites is 1. The fourth-order valence-corrected chi connectivity index (χ4v) is 5.39. The first kappa shape index (κ1) is 22.4. The van der Waals surface area contributed by atoms with Gasteiger partial charge in [-0.1, -0.05) is 18.2 Å². The molecule has 1 atom stereocenters. The number of β-amino-alcohol motifs (C(OH)–C–C–N with tert-alkyl or cyclic N) is 1. The number of piperidine rings is 1. The van der Waals surface area contributed by atoms with Crippen LogP contribution in [0.5, 0.6) is 17.2 Å². The minimum atomic E-state index is -0.633. The van der Waals surface area contributed by atoms with Gasteiger partial charge in [0.2, 0.25) is 0 Å². The maximum atomic E-state index is 12.8. The molecule has 0 radical (unpaired) electrons. The van der Waals surface area contributed by atoms with Crippen LogP contribution in [-0.2, 0) is 10.3 Å². The molecule has 7 nitrogen and oxygen atoms in total. The van der Waals surface area contributed by atoms with Gasteiger partial charge >= 0.3 is 5.97 Å². The van der Waals surface area contributed by atoms with Crippen LogP contribution < -0.4 is 14.2 Å². The molecule has 2 aromatic rings. The van der Waals surface area contributed by atoms with Crippen LogP contribution in [0.1, 0.15) is 35.2 Å². The Labute approximate surface area is 198 Å². The van der Waals surface area contributed by atoms with Crippen LogP contribution in [0.3, 0.4) is 0 Å². The summed E-state index contributed by atoms with van der Waals surface area (Å²) in [6, 6.07) is 11.7. The molecule has 3 heterocycles. The lowest BCUT2D eigenvalue weighted by Gasteiger charge is -2.39. The first-order chi connectivity index (χ1) is 16.1. The van der Waals surface area contributed by atoms with Crippen LogP contribution in [-0.4, -0.2) is 67.8 Å². The van der Waals surface area contributed by atoms with Gasteiger partial charge in [-0.05, 0) is 24.5 Å². The van der Waals surface area contributed by atoms with Crippen LogP contribution in [0, 0.1) is 0 Å². The number of fused-ring (bicyclic) bond motifs is 4. The minimum Gasteiger partial charge on any atom is -0.490 e. The summed E-state index contributed by atoms with van der Waals surface area (Å²) in [6.45, 7) is 3.30. The Bertz CT molecular complexity index is 1020. The van der Waals surface area contributed by atoms with E-state index in [1.54, 1.807) is 11.8 Å². The average Bonchev–Trinajstić information content (AvgIpc) is 2.97. The summed E-state index contributed by atoms with van der Waals surface area (Å²) in [7, 11) is 0. The van der Waals surface area contributed by atoms with E-state index in [1.807, 2.05) is 42.7 Å². The molecule has 8 heteroatoms. The van der Waals surface area contributed by atoms with Gasteiger partial charge < -0.3 is 29.0 Å². The molecule has 1 fully saturated rings. The Morgan fingerprint density at radius 2 is 1.94 bits per heavy atom. The van der Waals surface area contributed by atoms with Crippen LogP contribution in [0.25, 0.3) is 0 Å². The van der Waals surface area contributed by atoms with Gasteiger partial charge in [0, 0.05) is 49.4 Å². The number of likely N-dealkylation sites (tertiary alicyclic amines) is 1. The summed E-state index contributed by atoms with van der Waals surface area (Å²) in [5.41, 5.74) is 0.782. The van der Waals surface area contributed by atoms with Crippen LogP contribution >= 0.6 is 11.8 Å². The maximum Gasteiger partial charge on any atom is 0.343 e. The van der Waals surface area contributed by atoms with Crippen molar-refractivity contribution in [2.45, 2.75) is 35.9 Å². The number of ether oxygens (including phenoxy) is 4. The molecule has 0 amide bonds. The van der Waals surface area contributed by atoms with Crippen molar-refractivity contribution in [2.75, 3.05) is 45.7 Å². The molecule has 33 heavy (non-hydrogen) atoms. The zero-order chi connectivity index (χ0) is 22.8. The largest absolute Gasteiger partial charge is 0.490 e. The number of carbonyl (C=O) groups is 1. The Balaban J connectivity index is 1.21. The predicted octanol–water partition coefficient (Wildman–Crippen LogP) is 3.47. The molecule has 1 spiro atoms. The molecule has 1 N–H and O–H groups in total. The number of carbonyl (C=O) groups excluding carboxylic acids is 1. The Hall–Kier alpha value is -2.42. The molecule has 0 saturated carbocycles. The van der Waals surface area contributed by atoms with E-state index in [2.05, 4.69) is 4.90 Å². The van der Waals surface area contributed by atoms with Gasteiger partial charge in [-0.25, -0.2) is 4.79 Å². The van der Waals surface area contributed by atoms with E-state index < -0.39 is 11.7 Å². The first-order valence-corrected chi connectivity index (χ1v) is 12.6. The standard InChI is InChI=1S/C25H29NO6S/c1-33-21-6-3-2-5-19(21)31-16-17(27)15-26-11-9-25(10-12-26)18-7-8-20-23(22(18)24(28)32-25)30-14-4-13-29-20/h2-3,5-8,17,27H,4,9-16H2,1H3/t17-/m0/s1. The van der Waals surface area contributed by atoms with Crippen molar-refractivity contribution in [1.29, 1.82) is 0 Å². The average molecular weight is 472 g/mol. The molecule has 5 rings (SSSR count). The number of nitrogens with zero attached hydrogens (tertiary/aromatic N) is 1. The van der Waals surface area contributed by atoms with Gasteiger partial charge in [0.05, 0.1) is 13.2 Å². The van der Waals surface area contributed by atoms with E-state index in [0.717, 1.165) is 35.7 Å². The third-order valence-corrected chi connectivity index (χ3v) is 7.31. The quantitative estimate of drug-likeness (QED) is 0.507. The maximum absolute atomic E-state index is 12.8.